The highest BCUT2D eigenvalue weighted by molar-refractivity contribution is 8.27. The van der Waals surface area contributed by atoms with Gasteiger partial charge in [-0.2, -0.15) is 0 Å². The zero-order valence-electron chi connectivity index (χ0n) is 17.2. The number of thiocarbonyl (C=S) groups is 2. The van der Waals surface area contributed by atoms with Gasteiger partial charge in [-0.1, -0.05) is 48.0 Å². The van der Waals surface area contributed by atoms with Crippen molar-refractivity contribution >= 4 is 115 Å². The lowest BCUT2D eigenvalue weighted by Crippen LogP contribution is -2.22. The van der Waals surface area contributed by atoms with Crippen LogP contribution in [0.15, 0.2) is 46.2 Å². The van der Waals surface area contributed by atoms with Crippen molar-refractivity contribution in [1.29, 1.82) is 0 Å². The molecule has 33 heavy (non-hydrogen) atoms. The third-order valence-electron chi connectivity index (χ3n) is 4.87. The average Bonchev–Trinajstić information content (AvgIpc) is 3.60. The Labute approximate surface area is 222 Å². The minimum absolute atomic E-state index is 0.0481. The normalized spacial score (nSPS) is 19.2. The van der Waals surface area contributed by atoms with Crippen molar-refractivity contribution in [3.8, 4) is 19.5 Å². The number of carbonyl (C=O) groups excluding carboxylic acids is 2. The Hall–Kier alpha value is -1.60. The standard InChI is InChI=1S/C22H14N2O2S7/c1-23-19(25)17(32-21(23)27)9-11-3-5-13(29-11)15-7-8-16(31-15)14-6-4-12(30-14)10-18-20(26)24(2)22(28)33-18/h3-10H,1-2H3/b17-9-,18-10-. The van der Waals surface area contributed by atoms with Crippen LogP contribution in [0.25, 0.3) is 31.7 Å². The lowest BCUT2D eigenvalue weighted by molar-refractivity contribution is -0.122. The minimum atomic E-state index is -0.0481. The van der Waals surface area contributed by atoms with Crippen molar-refractivity contribution in [3.63, 3.8) is 0 Å². The van der Waals surface area contributed by atoms with Gasteiger partial charge in [-0.3, -0.25) is 19.4 Å². The van der Waals surface area contributed by atoms with Gasteiger partial charge in [0, 0.05) is 43.4 Å². The van der Waals surface area contributed by atoms with Gasteiger partial charge in [0.15, 0.2) is 0 Å². The lowest BCUT2D eigenvalue weighted by Gasteiger charge is -2.03. The summed E-state index contributed by atoms with van der Waals surface area (Å²) in [4.78, 5) is 35.6. The van der Waals surface area contributed by atoms with Crippen molar-refractivity contribution in [1.82, 2.24) is 9.80 Å². The second-order valence-electron chi connectivity index (χ2n) is 7.05. The zero-order chi connectivity index (χ0) is 23.3. The van der Waals surface area contributed by atoms with E-state index in [2.05, 4.69) is 24.3 Å². The van der Waals surface area contributed by atoms with Crippen LogP contribution in [0.5, 0.6) is 0 Å². The predicted octanol–water partition coefficient (Wildman–Crippen LogP) is 6.87. The molecule has 0 radical (unpaired) electrons. The minimum Gasteiger partial charge on any atom is -0.296 e. The number of amides is 2. The van der Waals surface area contributed by atoms with Gasteiger partial charge >= 0.3 is 0 Å². The molecule has 5 heterocycles. The van der Waals surface area contributed by atoms with E-state index in [0.717, 1.165) is 19.5 Å². The third kappa shape index (κ3) is 4.55. The molecule has 3 aromatic heterocycles. The number of thioether (sulfide) groups is 2. The highest BCUT2D eigenvalue weighted by Crippen LogP contribution is 2.42. The maximum Gasteiger partial charge on any atom is 0.265 e. The third-order valence-corrected chi connectivity index (χ3v) is 11.4. The fourth-order valence-corrected chi connectivity index (χ4v) is 8.66. The molecule has 5 rings (SSSR count). The molecule has 0 bridgehead atoms. The molecule has 166 valence electrons. The first-order valence-electron chi connectivity index (χ1n) is 9.53. The Balaban J connectivity index is 1.34. The van der Waals surface area contributed by atoms with E-state index in [1.807, 2.05) is 24.3 Å². The summed E-state index contributed by atoms with van der Waals surface area (Å²) < 4.78 is 1.17. The number of nitrogens with zero attached hydrogens (tertiary/aromatic N) is 2. The summed E-state index contributed by atoms with van der Waals surface area (Å²) in [5, 5.41) is 0. The fraction of sp³-hybridized carbons (Fsp3) is 0.0909. The van der Waals surface area contributed by atoms with Gasteiger partial charge in [0.2, 0.25) is 0 Å². The molecular formula is C22H14N2O2S7. The molecule has 0 N–H and O–H groups in total. The van der Waals surface area contributed by atoms with E-state index in [0.29, 0.717) is 18.5 Å². The van der Waals surface area contributed by atoms with Crippen molar-refractivity contribution in [2.75, 3.05) is 14.1 Å². The number of hydrogen-bond acceptors (Lipinski definition) is 9. The molecular weight excluding hydrogens is 549 g/mol. The summed E-state index contributed by atoms with van der Waals surface area (Å²) in [7, 11) is 3.41. The van der Waals surface area contributed by atoms with Crippen LogP contribution < -0.4 is 0 Å². The van der Waals surface area contributed by atoms with E-state index in [1.165, 1.54) is 43.1 Å². The molecule has 2 amide bonds. The Morgan fingerprint density at radius 2 is 1.00 bits per heavy atom. The highest BCUT2D eigenvalue weighted by Gasteiger charge is 2.29. The van der Waals surface area contributed by atoms with Crippen LogP contribution in [-0.4, -0.2) is 44.4 Å². The molecule has 11 heteroatoms. The van der Waals surface area contributed by atoms with Gasteiger partial charge in [0.1, 0.15) is 8.64 Å². The summed E-state index contributed by atoms with van der Waals surface area (Å²) in [6.45, 7) is 0. The monoisotopic (exact) mass is 562 g/mol. The maximum absolute atomic E-state index is 12.2. The molecule has 0 unspecified atom stereocenters. The van der Waals surface area contributed by atoms with Crippen LogP contribution in [0.3, 0.4) is 0 Å². The van der Waals surface area contributed by atoms with Crippen molar-refractivity contribution in [2.24, 2.45) is 0 Å². The molecule has 0 aliphatic carbocycles. The summed E-state index contributed by atoms with van der Waals surface area (Å²) >= 11 is 18.1. The highest BCUT2D eigenvalue weighted by atomic mass is 32.2. The van der Waals surface area contributed by atoms with E-state index >= 15 is 0 Å². The summed E-state index contributed by atoms with van der Waals surface area (Å²) in [6.07, 6.45) is 3.83. The largest absolute Gasteiger partial charge is 0.296 e. The molecule has 2 aliphatic heterocycles. The number of carbonyl (C=O) groups is 2. The quantitative estimate of drug-likeness (QED) is 0.255. The van der Waals surface area contributed by atoms with Crippen LogP contribution >= 0.6 is 82.0 Å². The smallest absolute Gasteiger partial charge is 0.265 e. The molecule has 4 nitrogen and oxygen atoms in total. The molecule has 2 aliphatic rings. The van der Waals surface area contributed by atoms with Crippen LogP contribution in [-0.2, 0) is 9.59 Å². The van der Waals surface area contributed by atoms with Gasteiger partial charge in [0.05, 0.1) is 9.81 Å². The summed E-state index contributed by atoms with van der Waals surface area (Å²) in [5.74, 6) is -0.0963. The van der Waals surface area contributed by atoms with E-state index in [9.17, 15) is 9.59 Å². The fourth-order valence-electron chi connectivity index (χ4n) is 3.08. The molecule has 0 atom stereocenters. The second-order valence-corrected chi connectivity index (χ2v) is 13.7. The Bertz CT molecular complexity index is 1290. The average molecular weight is 563 g/mol. The molecule has 0 aromatic carbocycles. The zero-order valence-corrected chi connectivity index (χ0v) is 22.9. The van der Waals surface area contributed by atoms with Gasteiger partial charge in [-0.05, 0) is 48.6 Å². The number of hydrogen-bond donors (Lipinski definition) is 0. The number of thiophene rings is 3. The van der Waals surface area contributed by atoms with E-state index in [4.69, 9.17) is 24.4 Å². The Morgan fingerprint density at radius 3 is 1.36 bits per heavy atom. The van der Waals surface area contributed by atoms with Crippen LogP contribution in [0.4, 0.5) is 0 Å². The lowest BCUT2D eigenvalue weighted by atomic mass is 10.3. The van der Waals surface area contributed by atoms with Gasteiger partial charge < -0.3 is 0 Å². The van der Waals surface area contributed by atoms with E-state index in [-0.39, 0.29) is 11.8 Å². The Morgan fingerprint density at radius 1 is 0.636 bits per heavy atom. The molecule has 3 aromatic rings. The first kappa shape index (κ1) is 23.2. The first-order valence-corrected chi connectivity index (χ1v) is 14.4. The van der Waals surface area contributed by atoms with Gasteiger partial charge in [-0.15, -0.1) is 34.0 Å². The van der Waals surface area contributed by atoms with E-state index in [1.54, 1.807) is 48.1 Å². The SMILES string of the molecule is CN1C(=O)/C(=C/c2ccc(-c3ccc(-c4ccc(/C=C5\SC(=S)N(C)C5=O)s4)s3)s2)SC1=S. The van der Waals surface area contributed by atoms with Crippen molar-refractivity contribution < 1.29 is 9.59 Å². The Kier molecular flexibility index (Phi) is 6.47. The second kappa shape index (κ2) is 9.21. The van der Waals surface area contributed by atoms with Crippen LogP contribution in [0.1, 0.15) is 9.75 Å². The van der Waals surface area contributed by atoms with Crippen LogP contribution in [0, 0.1) is 0 Å². The van der Waals surface area contributed by atoms with E-state index < -0.39 is 0 Å². The first-order chi connectivity index (χ1) is 15.8. The number of likely N-dealkylation sites (N-methyl/N-ethyl adjacent to an activating group) is 2. The predicted molar refractivity (Wildman–Crippen MR) is 153 cm³/mol. The summed E-state index contributed by atoms with van der Waals surface area (Å²) in [5.41, 5.74) is 0. The topological polar surface area (TPSA) is 40.6 Å². The van der Waals surface area contributed by atoms with Crippen molar-refractivity contribution in [3.05, 3.63) is 56.0 Å². The van der Waals surface area contributed by atoms with Gasteiger partial charge in [0.25, 0.3) is 11.8 Å². The molecule has 2 fully saturated rings. The molecule has 2 saturated heterocycles. The summed E-state index contributed by atoms with van der Waals surface area (Å²) in [6, 6.07) is 12.5. The van der Waals surface area contributed by atoms with Gasteiger partial charge in [-0.25, -0.2) is 0 Å². The molecule has 0 spiro atoms. The van der Waals surface area contributed by atoms with Crippen molar-refractivity contribution in [2.45, 2.75) is 0 Å². The van der Waals surface area contributed by atoms with Crippen LogP contribution in [0.2, 0.25) is 0 Å². The molecule has 0 saturated carbocycles. The number of rotatable bonds is 4. The maximum atomic E-state index is 12.2.